The Morgan fingerprint density at radius 3 is 2.65 bits per heavy atom. The lowest BCUT2D eigenvalue weighted by Crippen LogP contribution is -2.52. The number of rotatable bonds is 8. The highest BCUT2D eigenvalue weighted by atomic mass is 16.5. The predicted molar refractivity (Wildman–Crippen MR) is 149 cm³/mol. The van der Waals surface area contributed by atoms with Crippen molar-refractivity contribution >= 4 is 29.8 Å². The van der Waals surface area contributed by atoms with Crippen molar-refractivity contribution in [2.75, 3.05) is 27.2 Å². The number of piperidine rings is 2. The minimum absolute atomic E-state index is 0.0371. The number of fused-ring (bicyclic) bond motifs is 1. The number of nitrogens with zero attached hydrogens (tertiary/aromatic N) is 3. The summed E-state index contributed by atoms with van der Waals surface area (Å²) in [6, 6.07) is 14.8. The van der Waals surface area contributed by atoms with E-state index >= 15 is 0 Å². The van der Waals surface area contributed by atoms with Crippen LogP contribution >= 0.6 is 0 Å². The van der Waals surface area contributed by atoms with Gasteiger partial charge in [-0.05, 0) is 61.4 Å². The lowest BCUT2D eigenvalue weighted by Gasteiger charge is -2.37. The summed E-state index contributed by atoms with van der Waals surface area (Å²) in [4.78, 5) is 54.2. The molecule has 9 heteroatoms. The van der Waals surface area contributed by atoms with Gasteiger partial charge in [-0.15, -0.1) is 0 Å². The van der Waals surface area contributed by atoms with Gasteiger partial charge in [-0.25, -0.2) is 4.58 Å². The first-order valence-corrected chi connectivity index (χ1v) is 14.1. The van der Waals surface area contributed by atoms with Gasteiger partial charge in [-0.2, -0.15) is 0 Å². The summed E-state index contributed by atoms with van der Waals surface area (Å²) >= 11 is 0. The maximum absolute atomic E-state index is 13.8. The van der Waals surface area contributed by atoms with Crippen molar-refractivity contribution in [2.45, 2.75) is 57.2 Å². The average Bonchev–Trinajstić information content (AvgIpc) is 3.27. The molecule has 9 nitrogen and oxygen atoms in total. The molecule has 2 aromatic rings. The van der Waals surface area contributed by atoms with Crippen molar-refractivity contribution in [3.8, 4) is 5.75 Å². The van der Waals surface area contributed by atoms with Crippen LogP contribution in [0.1, 0.15) is 53.6 Å². The van der Waals surface area contributed by atoms with Crippen LogP contribution in [0.2, 0.25) is 0 Å². The first kappa shape index (κ1) is 27.6. The van der Waals surface area contributed by atoms with E-state index in [1.807, 2.05) is 54.1 Å². The van der Waals surface area contributed by atoms with Crippen LogP contribution in [0.15, 0.2) is 48.5 Å². The standard InChI is InChI=1S/C31H36N4O5/c1-33(2)18-23(16-21-8-4-3-5-9-21)30(38)34-15-7-6-10-24(34)20-40-25-11-12-26-22(17-25)19-35(31(26)39)27-13-14-28(36)32-29(27)37/h3-5,8-9,11-12,17-18,23-24,27H,6-7,10,13-16,19-20H2,1-2H3/p+1/t23?,24-,27?/m0/s1. The van der Waals surface area contributed by atoms with Gasteiger partial charge in [0, 0.05) is 25.1 Å². The molecule has 4 amide bonds. The molecule has 2 saturated heterocycles. The second-order valence-electron chi connectivity index (χ2n) is 11.1. The molecule has 1 N–H and O–H groups in total. The molecule has 0 saturated carbocycles. The lowest BCUT2D eigenvalue weighted by molar-refractivity contribution is -0.461. The molecule has 5 rings (SSSR count). The zero-order chi connectivity index (χ0) is 28.2. The van der Waals surface area contributed by atoms with Crippen LogP contribution in [-0.4, -0.2) is 83.5 Å². The molecule has 2 fully saturated rings. The third kappa shape index (κ3) is 6.08. The highest BCUT2D eigenvalue weighted by Crippen LogP contribution is 2.31. The molecule has 3 atom stereocenters. The molecule has 40 heavy (non-hydrogen) atoms. The van der Waals surface area contributed by atoms with E-state index in [1.165, 1.54) is 4.90 Å². The molecule has 210 valence electrons. The number of hydrogen-bond acceptors (Lipinski definition) is 5. The minimum atomic E-state index is -0.647. The molecule has 0 aliphatic carbocycles. The molecule has 3 aliphatic heterocycles. The summed E-state index contributed by atoms with van der Waals surface area (Å²) in [5.74, 6) is -0.445. The number of likely N-dealkylation sites (tertiary alicyclic amines) is 1. The third-order valence-electron chi connectivity index (χ3n) is 7.94. The molecule has 0 aromatic heterocycles. The Bertz CT molecular complexity index is 1320. The van der Waals surface area contributed by atoms with Gasteiger partial charge in [0.25, 0.3) is 5.91 Å². The van der Waals surface area contributed by atoms with E-state index < -0.39 is 11.9 Å². The number of hydrogen-bond donors (Lipinski definition) is 1. The molecule has 0 radical (unpaired) electrons. The highest BCUT2D eigenvalue weighted by Gasteiger charge is 2.39. The largest absolute Gasteiger partial charge is 0.491 e. The fourth-order valence-electron chi connectivity index (χ4n) is 5.94. The summed E-state index contributed by atoms with van der Waals surface area (Å²) in [6.45, 7) is 1.38. The van der Waals surface area contributed by atoms with Gasteiger partial charge >= 0.3 is 0 Å². The highest BCUT2D eigenvalue weighted by molar-refractivity contribution is 6.05. The van der Waals surface area contributed by atoms with Gasteiger partial charge < -0.3 is 14.5 Å². The monoisotopic (exact) mass is 545 g/mol. The summed E-state index contributed by atoms with van der Waals surface area (Å²) in [5, 5.41) is 2.33. The second-order valence-corrected chi connectivity index (χ2v) is 11.1. The Hall–Kier alpha value is -4.01. The predicted octanol–water partition coefficient (Wildman–Crippen LogP) is 2.41. The Kier molecular flexibility index (Phi) is 8.28. The number of carbonyl (C=O) groups excluding carboxylic acids is 4. The number of nitrogens with one attached hydrogen (secondary N) is 1. The van der Waals surface area contributed by atoms with Crippen LogP contribution < -0.4 is 10.1 Å². The molecule has 2 aromatic carbocycles. The van der Waals surface area contributed by atoms with Crippen molar-refractivity contribution in [2.24, 2.45) is 5.92 Å². The van der Waals surface area contributed by atoms with Crippen LogP contribution in [0.5, 0.6) is 5.75 Å². The van der Waals surface area contributed by atoms with Crippen LogP contribution in [-0.2, 0) is 27.3 Å². The van der Waals surface area contributed by atoms with Crippen molar-refractivity contribution < 1.29 is 28.5 Å². The molecule has 2 unspecified atom stereocenters. The summed E-state index contributed by atoms with van der Waals surface area (Å²) in [5.41, 5.74) is 2.48. The molecular formula is C31H37N4O5+. The summed E-state index contributed by atoms with van der Waals surface area (Å²) in [6.07, 6.45) is 6.07. The number of ether oxygens (including phenoxy) is 1. The van der Waals surface area contributed by atoms with Gasteiger partial charge in [0.05, 0.1) is 6.04 Å². The molecule has 3 heterocycles. The summed E-state index contributed by atoms with van der Waals surface area (Å²) in [7, 11) is 3.89. The first-order chi connectivity index (χ1) is 19.3. The summed E-state index contributed by atoms with van der Waals surface area (Å²) < 4.78 is 8.16. The van der Waals surface area contributed by atoms with Gasteiger partial charge in [0.2, 0.25) is 17.7 Å². The fourth-order valence-corrected chi connectivity index (χ4v) is 5.94. The molecule has 0 bridgehead atoms. The van der Waals surface area contributed by atoms with E-state index in [9.17, 15) is 19.2 Å². The quantitative estimate of drug-likeness (QED) is 0.312. The van der Waals surface area contributed by atoms with Gasteiger partial charge in [0.15, 0.2) is 6.21 Å². The Labute approximate surface area is 234 Å². The van der Waals surface area contributed by atoms with Gasteiger partial charge in [-0.1, -0.05) is 30.3 Å². The molecule has 0 spiro atoms. The number of carbonyl (C=O) groups is 4. The van der Waals surface area contributed by atoms with E-state index in [1.54, 1.807) is 12.1 Å². The van der Waals surface area contributed by atoms with Crippen LogP contribution in [0, 0.1) is 5.92 Å². The first-order valence-electron chi connectivity index (χ1n) is 14.1. The van der Waals surface area contributed by atoms with E-state index in [4.69, 9.17) is 4.74 Å². The number of imide groups is 1. The van der Waals surface area contributed by atoms with Crippen LogP contribution in [0.3, 0.4) is 0 Å². The van der Waals surface area contributed by atoms with E-state index in [0.29, 0.717) is 43.9 Å². The Balaban J connectivity index is 1.25. The van der Waals surface area contributed by atoms with E-state index in [0.717, 1.165) is 30.4 Å². The SMILES string of the molecule is C[N+](C)=CC(Cc1ccccc1)C(=O)N1CCCC[C@H]1COc1ccc2c(c1)CN(C1CCC(=O)NC1=O)C2=O. The zero-order valence-corrected chi connectivity index (χ0v) is 23.2. The Morgan fingerprint density at radius 2 is 1.90 bits per heavy atom. The topological polar surface area (TPSA) is 99.0 Å². The van der Waals surface area contributed by atoms with Crippen LogP contribution in [0.4, 0.5) is 0 Å². The minimum Gasteiger partial charge on any atom is -0.491 e. The zero-order valence-electron chi connectivity index (χ0n) is 23.2. The van der Waals surface area contributed by atoms with Crippen molar-refractivity contribution in [3.05, 3.63) is 65.2 Å². The maximum atomic E-state index is 13.8. The van der Waals surface area contributed by atoms with E-state index in [-0.39, 0.29) is 36.1 Å². The smallest absolute Gasteiger partial charge is 0.255 e. The maximum Gasteiger partial charge on any atom is 0.255 e. The molecule has 3 aliphatic rings. The third-order valence-corrected chi connectivity index (χ3v) is 7.94. The van der Waals surface area contributed by atoms with Crippen molar-refractivity contribution in [1.82, 2.24) is 15.1 Å². The molecular weight excluding hydrogens is 508 g/mol. The van der Waals surface area contributed by atoms with Crippen LogP contribution in [0.25, 0.3) is 0 Å². The average molecular weight is 546 g/mol. The van der Waals surface area contributed by atoms with Gasteiger partial charge in [-0.3, -0.25) is 24.5 Å². The normalized spacial score (nSPS) is 21.5. The van der Waals surface area contributed by atoms with Crippen molar-refractivity contribution in [1.29, 1.82) is 0 Å². The lowest BCUT2D eigenvalue weighted by atomic mass is 9.95. The number of amides is 4. The number of benzene rings is 2. The van der Waals surface area contributed by atoms with Gasteiger partial charge in [0.1, 0.15) is 38.4 Å². The fraction of sp³-hybridized carbons (Fsp3) is 0.452. The second kappa shape index (κ2) is 12.0. The van der Waals surface area contributed by atoms with E-state index in [2.05, 4.69) is 17.4 Å². The van der Waals surface area contributed by atoms with Crippen molar-refractivity contribution in [3.63, 3.8) is 0 Å². The Morgan fingerprint density at radius 1 is 1.10 bits per heavy atom.